The minimum atomic E-state index is 0.0765. The van der Waals surface area contributed by atoms with E-state index in [1.165, 1.54) is 30.5 Å². The molecule has 8 heteroatoms. The number of nitrogens with zero attached hydrogens (tertiary/aromatic N) is 6. The minimum absolute atomic E-state index is 0.0765. The third-order valence-electron chi connectivity index (χ3n) is 7.43. The highest BCUT2D eigenvalue weighted by Gasteiger charge is 2.25. The van der Waals surface area contributed by atoms with E-state index < -0.39 is 0 Å². The van der Waals surface area contributed by atoms with Crippen LogP contribution >= 0.6 is 0 Å². The summed E-state index contributed by atoms with van der Waals surface area (Å²) in [6.07, 6.45) is 4.19. The van der Waals surface area contributed by atoms with Crippen LogP contribution in [-0.4, -0.2) is 70.4 Å². The van der Waals surface area contributed by atoms with Crippen molar-refractivity contribution < 1.29 is 4.74 Å². The Balaban J connectivity index is 1.37. The SMILES string of the molecule is Cc1ccc(C(C)(C)C)cc1Nc1nc(N2CCN(CC3CCOCC3)CC2)nc2ncn(C)c12. The highest BCUT2D eigenvalue weighted by atomic mass is 16.5. The number of imidazole rings is 1. The summed E-state index contributed by atoms with van der Waals surface area (Å²) in [5.74, 6) is 2.33. The Morgan fingerprint density at radius 3 is 2.51 bits per heavy atom. The molecular weight excluding hydrogens is 438 g/mol. The Morgan fingerprint density at radius 1 is 1.06 bits per heavy atom. The molecule has 2 saturated heterocycles. The molecule has 3 aromatic rings. The zero-order valence-corrected chi connectivity index (χ0v) is 21.8. The van der Waals surface area contributed by atoms with Crippen LogP contribution in [0, 0.1) is 12.8 Å². The number of anilines is 3. The second-order valence-corrected chi connectivity index (χ2v) is 11.1. The van der Waals surface area contributed by atoms with Gasteiger partial charge in [-0.15, -0.1) is 0 Å². The second kappa shape index (κ2) is 9.74. The van der Waals surface area contributed by atoms with Crippen molar-refractivity contribution in [1.82, 2.24) is 24.4 Å². The van der Waals surface area contributed by atoms with E-state index in [9.17, 15) is 0 Å². The van der Waals surface area contributed by atoms with E-state index in [1.807, 2.05) is 17.9 Å². The molecule has 188 valence electrons. The minimum Gasteiger partial charge on any atom is -0.381 e. The predicted molar refractivity (Wildman–Crippen MR) is 142 cm³/mol. The Labute approximate surface area is 208 Å². The predicted octanol–water partition coefficient (Wildman–Crippen LogP) is 4.26. The number of hydrogen-bond acceptors (Lipinski definition) is 7. The summed E-state index contributed by atoms with van der Waals surface area (Å²) >= 11 is 0. The molecule has 0 atom stereocenters. The first-order chi connectivity index (χ1) is 16.8. The van der Waals surface area contributed by atoms with E-state index in [0.29, 0.717) is 0 Å². The lowest BCUT2D eigenvalue weighted by molar-refractivity contribution is 0.0517. The van der Waals surface area contributed by atoms with Gasteiger partial charge in [-0.2, -0.15) is 9.97 Å². The molecule has 35 heavy (non-hydrogen) atoms. The molecule has 2 aliphatic rings. The van der Waals surface area contributed by atoms with Crippen LogP contribution in [0.5, 0.6) is 0 Å². The normalized spacial score (nSPS) is 18.4. The maximum absolute atomic E-state index is 5.53. The molecule has 0 amide bonds. The largest absolute Gasteiger partial charge is 0.381 e. The standard InChI is InChI=1S/C27H39N7O/c1-19-6-7-21(27(2,3)4)16-22(19)29-25-23-24(28-18-32(23)5)30-26(31-25)34-12-10-33(11-13-34)17-20-8-14-35-15-9-20/h6-7,16,18,20H,8-15,17H2,1-5H3,(H,29,30,31). The van der Waals surface area contributed by atoms with Crippen LogP contribution in [0.25, 0.3) is 11.2 Å². The second-order valence-electron chi connectivity index (χ2n) is 11.1. The number of nitrogens with one attached hydrogen (secondary N) is 1. The molecule has 5 rings (SSSR count). The first kappa shape index (κ1) is 24.0. The highest BCUT2D eigenvalue weighted by molar-refractivity contribution is 5.87. The molecule has 0 bridgehead atoms. The molecule has 0 saturated carbocycles. The van der Waals surface area contributed by atoms with Gasteiger partial charge in [-0.3, -0.25) is 4.90 Å². The fraction of sp³-hybridized carbons (Fsp3) is 0.593. The van der Waals surface area contributed by atoms with E-state index in [4.69, 9.17) is 14.7 Å². The summed E-state index contributed by atoms with van der Waals surface area (Å²) in [4.78, 5) is 19.3. The van der Waals surface area contributed by atoms with Crippen LogP contribution in [0.4, 0.5) is 17.5 Å². The summed E-state index contributed by atoms with van der Waals surface area (Å²) in [5, 5.41) is 3.64. The smallest absolute Gasteiger partial charge is 0.229 e. The number of benzene rings is 1. The lowest BCUT2D eigenvalue weighted by Crippen LogP contribution is -2.48. The molecule has 0 radical (unpaired) electrons. The number of hydrogen-bond donors (Lipinski definition) is 1. The van der Waals surface area contributed by atoms with Gasteiger partial charge in [0.25, 0.3) is 0 Å². The van der Waals surface area contributed by atoms with Crippen LogP contribution in [0.1, 0.15) is 44.7 Å². The van der Waals surface area contributed by atoms with Gasteiger partial charge in [-0.25, -0.2) is 4.98 Å². The van der Waals surface area contributed by atoms with Crippen molar-refractivity contribution in [2.24, 2.45) is 13.0 Å². The number of ether oxygens (including phenoxy) is 1. The Morgan fingerprint density at radius 2 is 1.80 bits per heavy atom. The average molecular weight is 478 g/mol. The van der Waals surface area contributed by atoms with Crippen molar-refractivity contribution in [3.63, 3.8) is 0 Å². The summed E-state index contributed by atoms with van der Waals surface area (Å²) < 4.78 is 7.52. The van der Waals surface area contributed by atoms with Gasteiger partial charge < -0.3 is 19.5 Å². The molecule has 2 fully saturated rings. The maximum Gasteiger partial charge on any atom is 0.229 e. The van der Waals surface area contributed by atoms with Crippen molar-refractivity contribution >= 4 is 28.6 Å². The van der Waals surface area contributed by atoms with E-state index in [1.54, 1.807) is 0 Å². The van der Waals surface area contributed by atoms with Crippen LogP contribution in [0.15, 0.2) is 24.5 Å². The molecule has 0 spiro atoms. The summed E-state index contributed by atoms with van der Waals surface area (Å²) in [6, 6.07) is 6.64. The Bertz CT molecular complexity index is 1170. The molecule has 1 aromatic carbocycles. The van der Waals surface area contributed by atoms with Gasteiger partial charge in [0.05, 0.1) is 6.33 Å². The molecule has 1 N–H and O–H groups in total. The number of fused-ring (bicyclic) bond motifs is 1. The third kappa shape index (κ3) is 5.28. The van der Waals surface area contributed by atoms with Crippen molar-refractivity contribution in [2.45, 2.75) is 46.0 Å². The zero-order valence-electron chi connectivity index (χ0n) is 21.8. The van der Waals surface area contributed by atoms with Gasteiger partial charge >= 0.3 is 0 Å². The van der Waals surface area contributed by atoms with Gasteiger partial charge in [0, 0.05) is 58.7 Å². The summed E-state index contributed by atoms with van der Waals surface area (Å²) in [5.41, 5.74) is 5.29. The van der Waals surface area contributed by atoms with Crippen molar-refractivity contribution in [2.75, 3.05) is 56.2 Å². The third-order valence-corrected chi connectivity index (χ3v) is 7.43. The molecule has 2 aliphatic heterocycles. The quantitative estimate of drug-likeness (QED) is 0.589. The molecular formula is C27H39N7O. The monoisotopic (exact) mass is 477 g/mol. The fourth-order valence-electron chi connectivity index (χ4n) is 5.05. The van der Waals surface area contributed by atoms with Gasteiger partial charge in [0.1, 0.15) is 5.52 Å². The molecule has 8 nitrogen and oxygen atoms in total. The van der Waals surface area contributed by atoms with Gasteiger partial charge in [-0.1, -0.05) is 32.9 Å². The summed E-state index contributed by atoms with van der Waals surface area (Å²) in [6.45, 7) is 15.8. The van der Waals surface area contributed by atoms with Crippen LogP contribution in [-0.2, 0) is 17.2 Å². The number of aromatic nitrogens is 4. The maximum atomic E-state index is 5.53. The van der Waals surface area contributed by atoms with Crippen molar-refractivity contribution in [3.05, 3.63) is 35.7 Å². The Kier molecular flexibility index (Phi) is 6.68. The number of rotatable bonds is 5. The average Bonchev–Trinajstić information content (AvgIpc) is 3.22. The van der Waals surface area contributed by atoms with Gasteiger partial charge in [0.2, 0.25) is 5.95 Å². The number of piperazine rings is 1. The van der Waals surface area contributed by atoms with E-state index in [-0.39, 0.29) is 5.41 Å². The summed E-state index contributed by atoms with van der Waals surface area (Å²) in [7, 11) is 2.00. The molecule has 0 aliphatic carbocycles. The molecule has 2 aromatic heterocycles. The van der Waals surface area contributed by atoms with Crippen molar-refractivity contribution in [3.8, 4) is 0 Å². The lowest BCUT2D eigenvalue weighted by Gasteiger charge is -2.37. The first-order valence-corrected chi connectivity index (χ1v) is 12.9. The first-order valence-electron chi connectivity index (χ1n) is 12.9. The fourth-order valence-corrected chi connectivity index (χ4v) is 5.05. The topological polar surface area (TPSA) is 71.3 Å². The number of aryl methyl sites for hydroxylation is 2. The van der Waals surface area contributed by atoms with Crippen LogP contribution in [0.2, 0.25) is 0 Å². The lowest BCUT2D eigenvalue weighted by atomic mass is 9.86. The van der Waals surface area contributed by atoms with E-state index >= 15 is 0 Å². The van der Waals surface area contributed by atoms with E-state index in [0.717, 1.165) is 73.9 Å². The zero-order chi connectivity index (χ0) is 24.6. The molecule has 0 unspecified atom stereocenters. The van der Waals surface area contributed by atoms with Gasteiger partial charge in [0.15, 0.2) is 11.5 Å². The highest BCUT2D eigenvalue weighted by Crippen LogP contribution is 2.31. The van der Waals surface area contributed by atoms with Crippen LogP contribution < -0.4 is 10.2 Å². The van der Waals surface area contributed by atoms with Crippen LogP contribution in [0.3, 0.4) is 0 Å². The van der Waals surface area contributed by atoms with Crippen molar-refractivity contribution in [1.29, 1.82) is 0 Å². The Hall–Kier alpha value is -2.71. The van der Waals surface area contributed by atoms with E-state index in [2.05, 4.69) is 66.0 Å². The molecule has 4 heterocycles. The van der Waals surface area contributed by atoms with Gasteiger partial charge in [-0.05, 0) is 48.3 Å².